The van der Waals surface area contributed by atoms with Crippen molar-refractivity contribution in [1.82, 2.24) is 9.99 Å². The lowest BCUT2D eigenvalue weighted by Gasteiger charge is -2.04. The highest BCUT2D eigenvalue weighted by Crippen LogP contribution is 2.21. The van der Waals surface area contributed by atoms with E-state index >= 15 is 0 Å². The van der Waals surface area contributed by atoms with E-state index in [2.05, 4.69) is 15.3 Å². The van der Waals surface area contributed by atoms with Gasteiger partial charge < -0.3 is 5.11 Å². The van der Waals surface area contributed by atoms with Crippen molar-refractivity contribution in [2.24, 2.45) is 10.3 Å². The monoisotopic (exact) mass is 200 g/mol. The second-order valence-electron chi connectivity index (χ2n) is 2.30. The van der Waals surface area contributed by atoms with Crippen molar-refractivity contribution in [2.75, 3.05) is 13.8 Å². The molecule has 13 heavy (non-hydrogen) atoms. The van der Waals surface area contributed by atoms with Gasteiger partial charge in [-0.2, -0.15) is 0 Å². The number of hydrogen-bond donors (Lipinski definition) is 1. The van der Waals surface area contributed by atoms with Crippen LogP contribution in [0.2, 0.25) is 5.15 Å². The van der Waals surface area contributed by atoms with Crippen molar-refractivity contribution in [1.29, 1.82) is 0 Å². The molecule has 0 radical (unpaired) electrons. The summed E-state index contributed by atoms with van der Waals surface area (Å²) in [5.74, 6) is 0. The Morgan fingerprint density at radius 2 is 2.46 bits per heavy atom. The van der Waals surface area contributed by atoms with Gasteiger partial charge in [0.05, 0.1) is 0 Å². The molecular formula is C7H9ClN4O. The Morgan fingerprint density at radius 3 is 3.08 bits per heavy atom. The maximum atomic E-state index is 8.61. The Morgan fingerprint density at radius 1 is 1.69 bits per heavy atom. The van der Waals surface area contributed by atoms with Gasteiger partial charge in [0.1, 0.15) is 12.4 Å². The zero-order valence-corrected chi connectivity index (χ0v) is 7.81. The highest BCUT2D eigenvalue weighted by Gasteiger charge is 1.97. The molecule has 0 saturated heterocycles. The summed E-state index contributed by atoms with van der Waals surface area (Å²) in [6.07, 6.45) is 1.57. The Bertz CT molecular complexity index is 304. The summed E-state index contributed by atoms with van der Waals surface area (Å²) >= 11 is 5.71. The van der Waals surface area contributed by atoms with Gasteiger partial charge >= 0.3 is 0 Å². The average molecular weight is 201 g/mol. The molecule has 0 aliphatic carbocycles. The minimum absolute atomic E-state index is 0.193. The highest BCUT2D eigenvalue weighted by molar-refractivity contribution is 6.31. The summed E-state index contributed by atoms with van der Waals surface area (Å²) in [4.78, 5) is 3.81. The smallest absolute Gasteiger partial charge is 0.156 e. The number of halogens is 1. The molecular weight excluding hydrogens is 192 g/mol. The molecule has 0 unspecified atom stereocenters. The first-order valence-corrected chi connectivity index (χ1v) is 3.96. The molecule has 0 amide bonds. The second kappa shape index (κ2) is 4.74. The maximum Gasteiger partial charge on any atom is 0.156 e. The normalized spacial score (nSPS) is 10.7. The van der Waals surface area contributed by atoms with Gasteiger partial charge in [0.15, 0.2) is 5.15 Å². The molecule has 0 aliphatic heterocycles. The minimum atomic E-state index is -0.193. The largest absolute Gasteiger partial charge is 0.375 e. The third-order valence-electron chi connectivity index (χ3n) is 1.25. The van der Waals surface area contributed by atoms with E-state index in [1.807, 2.05) is 0 Å². The first kappa shape index (κ1) is 9.88. The number of aromatic nitrogens is 1. The number of aliphatic hydroxyl groups is 1. The molecule has 1 N–H and O–H groups in total. The molecule has 5 nitrogen and oxygen atoms in total. The standard InChI is InChI=1S/C7H9ClN4O/c1-12(5-13)11-10-6-3-2-4-9-7(6)8/h2-4,13H,5H2,1H3. The van der Waals surface area contributed by atoms with Crippen LogP contribution in [0.15, 0.2) is 28.7 Å². The summed E-state index contributed by atoms with van der Waals surface area (Å²) in [5.41, 5.74) is 0.476. The lowest BCUT2D eigenvalue weighted by molar-refractivity contribution is 0.129. The third kappa shape index (κ3) is 2.96. The third-order valence-corrected chi connectivity index (χ3v) is 1.54. The Kier molecular flexibility index (Phi) is 3.60. The maximum absolute atomic E-state index is 8.61. The summed E-state index contributed by atoms with van der Waals surface area (Å²) < 4.78 is 0. The number of aliphatic hydroxyl groups excluding tert-OH is 1. The second-order valence-corrected chi connectivity index (χ2v) is 2.66. The molecule has 1 heterocycles. The molecule has 1 aromatic rings. The van der Waals surface area contributed by atoms with Crippen LogP contribution in [0.25, 0.3) is 0 Å². The fourth-order valence-corrected chi connectivity index (χ4v) is 0.762. The van der Waals surface area contributed by atoms with E-state index in [0.29, 0.717) is 5.69 Å². The fourth-order valence-electron chi connectivity index (χ4n) is 0.605. The van der Waals surface area contributed by atoms with Gasteiger partial charge in [-0.25, -0.2) is 4.98 Å². The molecule has 1 rings (SSSR count). The highest BCUT2D eigenvalue weighted by atomic mass is 35.5. The number of pyridine rings is 1. The number of rotatable bonds is 3. The quantitative estimate of drug-likeness (QED) is 0.349. The molecule has 1 aromatic heterocycles. The van der Waals surface area contributed by atoms with Gasteiger partial charge in [-0.1, -0.05) is 16.8 Å². The molecule has 0 saturated carbocycles. The Balaban J connectivity index is 2.74. The predicted octanol–water partition coefficient (Wildman–Crippen LogP) is 1.62. The van der Waals surface area contributed by atoms with Crippen molar-refractivity contribution in [3.63, 3.8) is 0 Å². The van der Waals surface area contributed by atoms with Crippen LogP contribution in [0, 0.1) is 0 Å². The van der Waals surface area contributed by atoms with Crippen molar-refractivity contribution < 1.29 is 5.11 Å². The van der Waals surface area contributed by atoms with Crippen LogP contribution in [-0.2, 0) is 0 Å². The zero-order chi connectivity index (χ0) is 9.68. The number of hydrogen-bond acceptors (Lipinski definition) is 4. The Hall–Kier alpha value is -1.20. The van der Waals surface area contributed by atoms with E-state index in [-0.39, 0.29) is 11.9 Å². The summed E-state index contributed by atoms with van der Waals surface area (Å²) in [6.45, 7) is -0.193. The van der Waals surface area contributed by atoms with E-state index in [1.54, 1.807) is 25.4 Å². The van der Waals surface area contributed by atoms with Gasteiger partial charge in [0, 0.05) is 13.2 Å². The Labute approximate surface area is 80.7 Å². The van der Waals surface area contributed by atoms with Crippen LogP contribution in [0.3, 0.4) is 0 Å². The summed E-state index contributed by atoms with van der Waals surface area (Å²) in [5, 5.41) is 17.6. The van der Waals surface area contributed by atoms with E-state index in [1.165, 1.54) is 5.01 Å². The van der Waals surface area contributed by atoms with Gasteiger partial charge in [0.25, 0.3) is 0 Å². The molecule has 0 fully saturated rings. The molecule has 0 bridgehead atoms. The van der Waals surface area contributed by atoms with E-state index in [0.717, 1.165) is 0 Å². The molecule has 0 aliphatic rings. The topological polar surface area (TPSA) is 61.1 Å². The molecule has 0 atom stereocenters. The van der Waals surface area contributed by atoms with Crippen molar-refractivity contribution in [3.05, 3.63) is 23.5 Å². The summed E-state index contributed by atoms with van der Waals surface area (Å²) in [6, 6.07) is 3.39. The van der Waals surface area contributed by atoms with Crippen LogP contribution in [0.5, 0.6) is 0 Å². The molecule has 70 valence electrons. The average Bonchev–Trinajstić information content (AvgIpc) is 2.16. The van der Waals surface area contributed by atoms with E-state index in [9.17, 15) is 0 Å². The fraction of sp³-hybridized carbons (Fsp3) is 0.286. The van der Waals surface area contributed by atoms with Gasteiger partial charge in [-0.05, 0) is 12.1 Å². The van der Waals surface area contributed by atoms with Crippen LogP contribution < -0.4 is 0 Å². The lowest BCUT2D eigenvalue weighted by atomic mass is 10.4. The van der Waals surface area contributed by atoms with Crippen molar-refractivity contribution in [2.45, 2.75) is 0 Å². The van der Waals surface area contributed by atoms with Gasteiger partial charge in [0.2, 0.25) is 0 Å². The van der Waals surface area contributed by atoms with Crippen LogP contribution >= 0.6 is 11.6 Å². The van der Waals surface area contributed by atoms with Crippen molar-refractivity contribution in [3.8, 4) is 0 Å². The lowest BCUT2D eigenvalue weighted by Crippen LogP contribution is -2.10. The molecule has 0 spiro atoms. The zero-order valence-electron chi connectivity index (χ0n) is 7.05. The van der Waals surface area contributed by atoms with Crippen LogP contribution in [0.4, 0.5) is 5.69 Å². The molecule has 0 aromatic carbocycles. The SMILES string of the molecule is CN(CO)N=Nc1cccnc1Cl. The van der Waals surface area contributed by atoms with E-state index < -0.39 is 0 Å². The first-order chi connectivity index (χ1) is 6.24. The van der Waals surface area contributed by atoms with Gasteiger partial charge in [-0.3, -0.25) is 5.01 Å². The van der Waals surface area contributed by atoms with Crippen molar-refractivity contribution >= 4 is 17.3 Å². The van der Waals surface area contributed by atoms with Crippen LogP contribution in [-0.4, -0.2) is 28.9 Å². The van der Waals surface area contributed by atoms with Crippen LogP contribution in [0.1, 0.15) is 0 Å². The van der Waals surface area contributed by atoms with E-state index in [4.69, 9.17) is 16.7 Å². The first-order valence-electron chi connectivity index (χ1n) is 3.58. The van der Waals surface area contributed by atoms with Gasteiger partial charge in [-0.15, -0.1) is 5.11 Å². The molecule has 6 heteroatoms. The minimum Gasteiger partial charge on any atom is -0.375 e. The summed E-state index contributed by atoms with van der Waals surface area (Å²) in [7, 11) is 1.59. The number of nitrogens with zero attached hydrogens (tertiary/aromatic N) is 4. The predicted molar refractivity (Wildman–Crippen MR) is 48.6 cm³/mol.